The van der Waals surface area contributed by atoms with E-state index < -0.39 is 4.84 Å². The summed E-state index contributed by atoms with van der Waals surface area (Å²) in [6, 6.07) is 0.324. The first-order chi connectivity index (χ1) is 6.18. The van der Waals surface area contributed by atoms with Gasteiger partial charge in [-0.1, -0.05) is 19.3 Å². The Bertz CT molecular complexity index is 167. The van der Waals surface area contributed by atoms with Crippen LogP contribution in [0.3, 0.4) is 0 Å². The van der Waals surface area contributed by atoms with E-state index in [1.165, 1.54) is 25.7 Å². The van der Waals surface area contributed by atoms with Crippen LogP contribution < -0.4 is 5.32 Å². The molecule has 4 heteroatoms. The van der Waals surface area contributed by atoms with Gasteiger partial charge in [-0.05, 0) is 12.8 Å². The minimum absolute atomic E-state index is 0.151. The van der Waals surface area contributed by atoms with Crippen LogP contribution in [0.1, 0.15) is 32.1 Å². The van der Waals surface area contributed by atoms with Crippen LogP contribution in [0.2, 0.25) is 0 Å². The van der Waals surface area contributed by atoms with E-state index in [0.29, 0.717) is 6.04 Å². The van der Waals surface area contributed by atoms with E-state index in [9.17, 15) is 4.79 Å². The Balaban J connectivity index is 2.18. The van der Waals surface area contributed by atoms with Crippen LogP contribution >= 0.6 is 23.2 Å². The molecule has 1 aliphatic carbocycles. The fourth-order valence-electron chi connectivity index (χ4n) is 1.61. The molecule has 2 nitrogen and oxygen atoms in total. The summed E-state index contributed by atoms with van der Waals surface area (Å²) >= 11 is 10.9. The molecule has 0 heterocycles. The molecule has 0 aromatic heterocycles. The average molecular weight is 223 g/mol. The van der Waals surface area contributed by atoms with Gasteiger partial charge in [0.2, 0.25) is 5.91 Å². The second-order valence-electron chi connectivity index (χ2n) is 3.34. The van der Waals surface area contributed by atoms with Gasteiger partial charge < -0.3 is 5.32 Å². The fraction of sp³-hybridized carbons (Fsp3) is 0.778. The van der Waals surface area contributed by atoms with Crippen LogP contribution in [0.15, 0.2) is 0 Å². The Hall–Kier alpha value is 0.0500. The summed E-state index contributed by atoms with van der Waals surface area (Å²) in [5, 5.41) is 2.89. The van der Waals surface area contributed by atoms with E-state index in [1.54, 1.807) is 0 Å². The highest BCUT2D eigenvalue weighted by molar-refractivity contribution is 6.46. The van der Waals surface area contributed by atoms with Gasteiger partial charge in [-0.2, -0.15) is 0 Å². The first-order valence-corrected chi connectivity index (χ1v) is 5.49. The van der Waals surface area contributed by atoms with Crippen molar-refractivity contribution in [2.45, 2.75) is 43.0 Å². The second-order valence-corrected chi connectivity index (χ2v) is 4.51. The van der Waals surface area contributed by atoms with Gasteiger partial charge in [-0.3, -0.25) is 4.79 Å². The van der Waals surface area contributed by atoms with E-state index in [4.69, 9.17) is 23.2 Å². The Kier molecular flexibility index (Phi) is 4.89. The standard InChI is InChI=1S/C9H14Cl2NO/c10-8(11)6-9(13)12-7-4-2-1-3-5-7/h6-8H,1-5H2,(H,12,13). The number of hydrogen-bond donors (Lipinski definition) is 1. The van der Waals surface area contributed by atoms with Crippen molar-refractivity contribution in [1.29, 1.82) is 0 Å². The lowest BCUT2D eigenvalue weighted by atomic mass is 9.95. The van der Waals surface area contributed by atoms with Gasteiger partial charge >= 0.3 is 0 Å². The largest absolute Gasteiger partial charge is 0.353 e. The van der Waals surface area contributed by atoms with E-state index in [0.717, 1.165) is 12.8 Å². The number of amides is 1. The summed E-state index contributed by atoms with van der Waals surface area (Å²) in [4.78, 5) is 10.5. The number of hydrogen-bond acceptors (Lipinski definition) is 1. The molecule has 1 aliphatic rings. The molecule has 1 amide bonds. The van der Waals surface area contributed by atoms with Gasteiger partial charge in [0, 0.05) is 6.04 Å². The predicted octanol–water partition coefficient (Wildman–Crippen LogP) is 2.44. The molecule has 1 N–H and O–H groups in total. The fourth-order valence-corrected chi connectivity index (χ4v) is 1.84. The zero-order valence-corrected chi connectivity index (χ0v) is 8.94. The predicted molar refractivity (Wildman–Crippen MR) is 54.8 cm³/mol. The quantitative estimate of drug-likeness (QED) is 0.731. The molecule has 13 heavy (non-hydrogen) atoms. The minimum Gasteiger partial charge on any atom is -0.353 e. The minimum atomic E-state index is -0.705. The van der Waals surface area contributed by atoms with Gasteiger partial charge in [0.05, 0.1) is 6.42 Å². The van der Waals surface area contributed by atoms with Crippen LogP contribution in [0.5, 0.6) is 0 Å². The van der Waals surface area contributed by atoms with Crippen LogP contribution in [0.25, 0.3) is 0 Å². The third-order valence-corrected chi connectivity index (χ3v) is 2.48. The first kappa shape index (κ1) is 11.1. The SMILES string of the molecule is O=C([CH]C(Cl)Cl)NC1CCCCC1. The van der Waals surface area contributed by atoms with Gasteiger partial charge in [0.1, 0.15) is 4.84 Å². The van der Waals surface area contributed by atoms with Crippen LogP contribution in [0, 0.1) is 6.42 Å². The molecule has 1 fully saturated rings. The van der Waals surface area contributed by atoms with Gasteiger partial charge in [-0.15, -0.1) is 23.2 Å². The number of nitrogens with one attached hydrogen (secondary N) is 1. The number of halogens is 2. The summed E-state index contributed by atoms with van der Waals surface area (Å²) in [6.45, 7) is 0. The van der Waals surface area contributed by atoms with E-state index >= 15 is 0 Å². The van der Waals surface area contributed by atoms with Crippen molar-refractivity contribution in [3.8, 4) is 0 Å². The molecule has 0 aromatic rings. The van der Waals surface area contributed by atoms with Crippen LogP contribution in [-0.4, -0.2) is 16.8 Å². The highest BCUT2D eigenvalue weighted by Gasteiger charge is 2.16. The van der Waals surface area contributed by atoms with Gasteiger partial charge in [0.15, 0.2) is 0 Å². The zero-order chi connectivity index (χ0) is 9.68. The monoisotopic (exact) mass is 222 g/mol. The van der Waals surface area contributed by atoms with Crippen LogP contribution in [-0.2, 0) is 4.79 Å². The number of carbonyl (C=O) groups is 1. The third-order valence-electron chi connectivity index (χ3n) is 2.23. The maximum absolute atomic E-state index is 11.2. The summed E-state index contributed by atoms with van der Waals surface area (Å²) in [5.41, 5.74) is 0. The molecule has 0 atom stereocenters. The molecule has 0 spiro atoms. The van der Waals surface area contributed by atoms with Crippen LogP contribution in [0.4, 0.5) is 0 Å². The summed E-state index contributed by atoms with van der Waals surface area (Å²) in [7, 11) is 0. The molecule has 75 valence electrons. The Morgan fingerprint density at radius 1 is 1.31 bits per heavy atom. The molecule has 0 aliphatic heterocycles. The van der Waals surface area contributed by atoms with Crippen molar-refractivity contribution < 1.29 is 4.79 Å². The van der Waals surface area contributed by atoms with Crippen molar-refractivity contribution in [3.63, 3.8) is 0 Å². The first-order valence-electron chi connectivity index (χ1n) is 4.62. The van der Waals surface area contributed by atoms with E-state index in [-0.39, 0.29) is 5.91 Å². The Morgan fingerprint density at radius 2 is 1.92 bits per heavy atom. The maximum Gasteiger partial charge on any atom is 0.226 e. The molecular weight excluding hydrogens is 209 g/mol. The molecule has 0 unspecified atom stereocenters. The lowest BCUT2D eigenvalue weighted by molar-refractivity contribution is -0.118. The highest BCUT2D eigenvalue weighted by Crippen LogP contribution is 2.17. The van der Waals surface area contributed by atoms with Crippen molar-refractivity contribution in [2.24, 2.45) is 0 Å². The lowest BCUT2D eigenvalue weighted by Crippen LogP contribution is -2.37. The molecule has 1 rings (SSSR count). The molecular formula is C9H14Cl2NO. The molecule has 1 radical (unpaired) electrons. The molecule has 1 saturated carbocycles. The number of rotatable bonds is 3. The van der Waals surface area contributed by atoms with Gasteiger partial charge in [-0.25, -0.2) is 0 Å². The van der Waals surface area contributed by atoms with Crippen molar-refractivity contribution in [3.05, 3.63) is 6.42 Å². The third kappa shape index (κ3) is 4.72. The molecule has 0 bridgehead atoms. The number of carbonyl (C=O) groups excluding carboxylic acids is 1. The normalized spacial score (nSPS) is 19.0. The Morgan fingerprint density at radius 3 is 2.46 bits per heavy atom. The Labute approximate surface area is 89.0 Å². The van der Waals surface area contributed by atoms with E-state index in [2.05, 4.69) is 5.32 Å². The van der Waals surface area contributed by atoms with Crippen molar-refractivity contribution in [1.82, 2.24) is 5.32 Å². The smallest absolute Gasteiger partial charge is 0.226 e. The molecule has 0 saturated heterocycles. The second kappa shape index (κ2) is 5.71. The van der Waals surface area contributed by atoms with E-state index in [1.807, 2.05) is 0 Å². The van der Waals surface area contributed by atoms with Crippen molar-refractivity contribution in [2.75, 3.05) is 0 Å². The highest BCUT2D eigenvalue weighted by atomic mass is 35.5. The van der Waals surface area contributed by atoms with Crippen molar-refractivity contribution >= 4 is 29.1 Å². The number of alkyl halides is 2. The molecule has 0 aromatic carbocycles. The topological polar surface area (TPSA) is 29.1 Å². The maximum atomic E-state index is 11.2. The zero-order valence-electron chi connectivity index (χ0n) is 7.43. The average Bonchev–Trinajstić information content (AvgIpc) is 2.04. The van der Waals surface area contributed by atoms with Gasteiger partial charge in [0.25, 0.3) is 0 Å². The summed E-state index contributed by atoms with van der Waals surface area (Å²) in [6.07, 6.45) is 7.14. The lowest BCUT2D eigenvalue weighted by Gasteiger charge is -2.22. The summed E-state index contributed by atoms with van der Waals surface area (Å²) < 4.78 is 0. The summed E-state index contributed by atoms with van der Waals surface area (Å²) in [5.74, 6) is -0.151.